The Hall–Kier alpha value is -1.52. The van der Waals surface area contributed by atoms with Crippen LogP contribution in [-0.4, -0.2) is 21.3 Å². The summed E-state index contributed by atoms with van der Waals surface area (Å²) in [5.74, 6) is 1.13. The molecule has 7 heteroatoms. The zero-order chi connectivity index (χ0) is 12.1. The summed E-state index contributed by atoms with van der Waals surface area (Å²) in [5.41, 5.74) is 0. The van der Waals surface area contributed by atoms with Gasteiger partial charge in [0.2, 0.25) is 5.75 Å². The zero-order valence-electron chi connectivity index (χ0n) is 9.05. The highest BCUT2D eigenvalue weighted by Gasteiger charge is 2.16. The SMILES string of the molecule is COc1cc(O[P+](=O)[O-])cc(OC)c1OC. The second kappa shape index (κ2) is 5.53. The van der Waals surface area contributed by atoms with Gasteiger partial charge in [0, 0.05) is 12.1 Å². The first-order chi connectivity index (χ1) is 7.62. The highest BCUT2D eigenvalue weighted by Crippen LogP contribution is 2.41. The van der Waals surface area contributed by atoms with Crippen LogP contribution >= 0.6 is 8.25 Å². The van der Waals surface area contributed by atoms with Crippen molar-refractivity contribution in [3.63, 3.8) is 0 Å². The second-order valence-corrected chi connectivity index (χ2v) is 3.31. The number of benzene rings is 1. The minimum atomic E-state index is -2.98. The van der Waals surface area contributed by atoms with Crippen LogP contribution in [0.25, 0.3) is 0 Å². The average molecular weight is 246 g/mol. The Balaban J connectivity index is 3.20. The molecule has 88 valence electrons. The van der Waals surface area contributed by atoms with Crippen LogP contribution in [0, 0.1) is 0 Å². The van der Waals surface area contributed by atoms with Gasteiger partial charge in [0.15, 0.2) is 17.2 Å². The lowest BCUT2D eigenvalue weighted by molar-refractivity contribution is -0.178. The first-order valence-corrected chi connectivity index (χ1v) is 5.34. The Morgan fingerprint density at radius 3 is 1.88 bits per heavy atom. The maximum atomic E-state index is 10.4. The monoisotopic (exact) mass is 246 g/mol. The van der Waals surface area contributed by atoms with Gasteiger partial charge in [0.05, 0.1) is 21.3 Å². The van der Waals surface area contributed by atoms with Crippen molar-refractivity contribution < 1.29 is 28.2 Å². The molecular formula is C9H11O6P. The molecule has 0 aliphatic heterocycles. The fourth-order valence-electron chi connectivity index (χ4n) is 1.20. The van der Waals surface area contributed by atoms with Crippen molar-refractivity contribution in [2.45, 2.75) is 0 Å². The molecule has 0 aromatic heterocycles. The van der Waals surface area contributed by atoms with E-state index in [1.54, 1.807) is 0 Å². The largest absolute Gasteiger partial charge is 0.558 e. The predicted octanol–water partition coefficient (Wildman–Crippen LogP) is 1.11. The van der Waals surface area contributed by atoms with E-state index in [9.17, 15) is 9.46 Å². The van der Waals surface area contributed by atoms with Crippen LogP contribution in [0.1, 0.15) is 0 Å². The Labute approximate surface area is 93.7 Å². The van der Waals surface area contributed by atoms with Gasteiger partial charge in [-0.2, -0.15) is 0 Å². The minimum absolute atomic E-state index is 0.102. The lowest BCUT2D eigenvalue weighted by Crippen LogP contribution is -1.97. The molecule has 1 rings (SSSR count). The van der Waals surface area contributed by atoms with E-state index in [-0.39, 0.29) is 5.75 Å². The number of hydrogen-bond acceptors (Lipinski definition) is 6. The van der Waals surface area contributed by atoms with Crippen LogP contribution in [0.5, 0.6) is 23.0 Å². The molecule has 1 aromatic rings. The molecule has 0 amide bonds. The second-order valence-electron chi connectivity index (χ2n) is 2.68. The highest BCUT2D eigenvalue weighted by atomic mass is 31.1. The van der Waals surface area contributed by atoms with Crippen LogP contribution in [0.4, 0.5) is 0 Å². The van der Waals surface area contributed by atoms with Gasteiger partial charge < -0.3 is 19.1 Å². The van der Waals surface area contributed by atoms with Gasteiger partial charge in [-0.05, 0) is 4.57 Å². The minimum Gasteiger partial charge on any atom is -0.558 e. The number of methoxy groups -OCH3 is 3. The molecule has 0 fully saturated rings. The third-order valence-corrected chi connectivity index (χ3v) is 2.18. The van der Waals surface area contributed by atoms with Crippen molar-refractivity contribution in [1.29, 1.82) is 0 Å². The molecule has 0 saturated carbocycles. The summed E-state index contributed by atoms with van der Waals surface area (Å²) in [6.07, 6.45) is 0. The molecule has 1 unspecified atom stereocenters. The fraction of sp³-hybridized carbons (Fsp3) is 0.333. The summed E-state index contributed by atoms with van der Waals surface area (Å²) in [5, 5.41) is 0. The number of rotatable bonds is 5. The molecule has 0 heterocycles. The maximum absolute atomic E-state index is 10.4. The number of hydrogen-bond donors (Lipinski definition) is 0. The van der Waals surface area contributed by atoms with Crippen molar-refractivity contribution in [3.05, 3.63) is 12.1 Å². The standard InChI is InChI=1S/C9H11O6P/c1-12-7-4-6(15-16(10)11)5-8(13-2)9(7)14-3/h4-5H,1-3H3. The molecule has 1 atom stereocenters. The Morgan fingerprint density at radius 1 is 1.06 bits per heavy atom. The van der Waals surface area contributed by atoms with E-state index in [1.165, 1.54) is 33.5 Å². The summed E-state index contributed by atoms with van der Waals surface area (Å²) < 4.78 is 30.1. The first-order valence-electron chi connectivity index (χ1n) is 4.24. The van der Waals surface area contributed by atoms with Crippen molar-refractivity contribution in [2.24, 2.45) is 0 Å². The summed E-state index contributed by atoms with van der Waals surface area (Å²) in [7, 11) is 1.33. The van der Waals surface area contributed by atoms with Gasteiger partial charge >= 0.3 is 8.25 Å². The quantitative estimate of drug-likeness (QED) is 0.724. The smallest absolute Gasteiger partial charge is 0.539 e. The molecule has 0 N–H and O–H groups in total. The topological polar surface area (TPSA) is 77.1 Å². The van der Waals surface area contributed by atoms with Gasteiger partial charge in [-0.1, -0.05) is 0 Å². The third kappa shape index (κ3) is 2.74. The van der Waals surface area contributed by atoms with Gasteiger partial charge in [0.1, 0.15) is 0 Å². The molecule has 0 aliphatic carbocycles. The fourth-order valence-corrected chi connectivity index (χ4v) is 1.47. The zero-order valence-corrected chi connectivity index (χ0v) is 9.95. The maximum Gasteiger partial charge on any atom is 0.539 e. The van der Waals surface area contributed by atoms with E-state index in [0.29, 0.717) is 17.2 Å². The molecule has 0 saturated heterocycles. The summed E-state index contributed by atoms with van der Waals surface area (Å²) in [6.45, 7) is 0. The summed E-state index contributed by atoms with van der Waals surface area (Å²) in [4.78, 5) is 10.4. The van der Waals surface area contributed by atoms with Gasteiger partial charge in [-0.15, -0.1) is 0 Å². The predicted molar refractivity (Wildman–Crippen MR) is 54.3 cm³/mol. The molecule has 0 spiro atoms. The highest BCUT2D eigenvalue weighted by molar-refractivity contribution is 7.31. The Bertz CT molecular complexity index is 367. The number of ether oxygens (including phenoxy) is 3. The van der Waals surface area contributed by atoms with E-state index < -0.39 is 8.25 Å². The van der Waals surface area contributed by atoms with Crippen molar-refractivity contribution in [2.75, 3.05) is 21.3 Å². The average Bonchev–Trinajstić information content (AvgIpc) is 2.26. The molecular weight excluding hydrogens is 235 g/mol. The van der Waals surface area contributed by atoms with E-state index in [1.807, 2.05) is 0 Å². The van der Waals surface area contributed by atoms with Crippen LogP contribution in [0.3, 0.4) is 0 Å². The molecule has 1 aromatic carbocycles. The van der Waals surface area contributed by atoms with Crippen LogP contribution in [0.15, 0.2) is 12.1 Å². The van der Waals surface area contributed by atoms with Crippen LogP contribution in [0.2, 0.25) is 0 Å². The molecule has 0 radical (unpaired) electrons. The third-order valence-electron chi connectivity index (χ3n) is 1.82. The molecule has 6 nitrogen and oxygen atoms in total. The normalized spacial score (nSPS) is 10.6. The van der Waals surface area contributed by atoms with Crippen molar-refractivity contribution in [1.82, 2.24) is 0 Å². The van der Waals surface area contributed by atoms with Gasteiger partial charge in [-0.25, -0.2) is 0 Å². The summed E-state index contributed by atoms with van der Waals surface area (Å²) in [6, 6.07) is 2.79. The molecule has 16 heavy (non-hydrogen) atoms. The van der Waals surface area contributed by atoms with Crippen LogP contribution < -0.4 is 23.6 Å². The van der Waals surface area contributed by atoms with Gasteiger partial charge in [0.25, 0.3) is 0 Å². The first kappa shape index (κ1) is 12.5. The van der Waals surface area contributed by atoms with E-state index in [0.717, 1.165) is 0 Å². The summed E-state index contributed by atoms with van der Waals surface area (Å²) >= 11 is 0. The van der Waals surface area contributed by atoms with E-state index in [4.69, 9.17) is 14.2 Å². The van der Waals surface area contributed by atoms with Crippen molar-refractivity contribution in [3.8, 4) is 23.0 Å². The Kier molecular flexibility index (Phi) is 4.34. The lowest BCUT2D eigenvalue weighted by Gasteiger charge is -2.12. The Morgan fingerprint density at radius 2 is 1.56 bits per heavy atom. The van der Waals surface area contributed by atoms with E-state index in [2.05, 4.69) is 4.52 Å². The van der Waals surface area contributed by atoms with Gasteiger partial charge in [-0.3, -0.25) is 4.52 Å². The molecule has 0 aliphatic rings. The van der Waals surface area contributed by atoms with Crippen molar-refractivity contribution >= 4 is 8.25 Å². The lowest BCUT2D eigenvalue weighted by atomic mass is 10.2. The molecule has 0 bridgehead atoms. The van der Waals surface area contributed by atoms with E-state index >= 15 is 0 Å². The van der Waals surface area contributed by atoms with Crippen LogP contribution in [-0.2, 0) is 4.57 Å².